The zero-order valence-electron chi connectivity index (χ0n) is 13.4. The second-order valence-electron chi connectivity index (χ2n) is 6.12. The summed E-state index contributed by atoms with van der Waals surface area (Å²) in [5.41, 5.74) is 1.60. The van der Waals surface area contributed by atoms with Crippen LogP contribution >= 0.6 is 0 Å². The molecule has 3 heteroatoms. The van der Waals surface area contributed by atoms with Crippen LogP contribution in [-0.2, 0) is 4.74 Å². The van der Waals surface area contributed by atoms with Gasteiger partial charge in [0.25, 0.3) is 0 Å². The van der Waals surface area contributed by atoms with E-state index in [1.807, 2.05) is 0 Å². The zero-order valence-corrected chi connectivity index (χ0v) is 13.4. The number of likely N-dealkylation sites (N-methyl/N-ethyl adjacent to an activating group) is 1. The van der Waals surface area contributed by atoms with Crippen molar-refractivity contribution in [2.24, 2.45) is 0 Å². The van der Waals surface area contributed by atoms with Gasteiger partial charge in [0.15, 0.2) is 0 Å². The molecule has 116 valence electrons. The van der Waals surface area contributed by atoms with Crippen LogP contribution < -0.4 is 5.32 Å². The lowest BCUT2D eigenvalue weighted by molar-refractivity contribution is -0.0406. The highest BCUT2D eigenvalue weighted by Crippen LogP contribution is 2.24. The van der Waals surface area contributed by atoms with Crippen LogP contribution in [-0.4, -0.2) is 49.8 Å². The Morgan fingerprint density at radius 3 is 3.05 bits per heavy atom. The van der Waals surface area contributed by atoms with Crippen molar-refractivity contribution < 1.29 is 4.74 Å². The van der Waals surface area contributed by atoms with Crippen molar-refractivity contribution >= 4 is 0 Å². The summed E-state index contributed by atoms with van der Waals surface area (Å²) in [6.45, 7) is 9.77. The summed E-state index contributed by atoms with van der Waals surface area (Å²) >= 11 is 0. The minimum Gasteiger partial charge on any atom is -0.374 e. The average Bonchev–Trinajstić information content (AvgIpc) is 2.74. The molecule has 0 aromatic carbocycles. The molecule has 20 heavy (non-hydrogen) atoms. The maximum atomic E-state index is 6.12. The average molecular weight is 280 g/mol. The SMILES string of the molecule is CCCN1CCOC(C(NCC)C2=CCCCCC2)C1. The Morgan fingerprint density at radius 1 is 1.35 bits per heavy atom. The fourth-order valence-electron chi connectivity index (χ4n) is 3.50. The lowest BCUT2D eigenvalue weighted by Gasteiger charge is -2.38. The topological polar surface area (TPSA) is 24.5 Å². The minimum atomic E-state index is 0.333. The van der Waals surface area contributed by atoms with E-state index in [-0.39, 0.29) is 0 Å². The molecule has 2 aliphatic rings. The molecule has 2 unspecified atom stereocenters. The molecule has 1 fully saturated rings. The number of allylic oxidation sites excluding steroid dienone is 1. The Hall–Kier alpha value is -0.380. The number of nitrogens with zero attached hydrogens (tertiary/aromatic N) is 1. The molecule has 0 aromatic heterocycles. The van der Waals surface area contributed by atoms with Gasteiger partial charge >= 0.3 is 0 Å². The van der Waals surface area contributed by atoms with Crippen LogP contribution in [0.3, 0.4) is 0 Å². The van der Waals surface area contributed by atoms with Crippen LogP contribution in [0.25, 0.3) is 0 Å². The van der Waals surface area contributed by atoms with Gasteiger partial charge < -0.3 is 10.1 Å². The fourth-order valence-corrected chi connectivity index (χ4v) is 3.50. The van der Waals surface area contributed by atoms with Crippen molar-refractivity contribution in [2.75, 3.05) is 32.8 Å². The maximum Gasteiger partial charge on any atom is 0.0893 e. The first-order valence-corrected chi connectivity index (χ1v) is 8.61. The van der Waals surface area contributed by atoms with Gasteiger partial charge in [-0.1, -0.05) is 31.9 Å². The van der Waals surface area contributed by atoms with Gasteiger partial charge in [0, 0.05) is 13.1 Å². The van der Waals surface area contributed by atoms with Gasteiger partial charge in [0.2, 0.25) is 0 Å². The molecule has 2 atom stereocenters. The van der Waals surface area contributed by atoms with E-state index in [2.05, 4.69) is 30.1 Å². The quantitative estimate of drug-likeness (QED) is 0.757. The Morgan fingerprint density at radius 2 is 2.25 bits per heavy atom. The summed E-state index contributed by atoms with van der Waals surface area (Å²) in [6.07, 6.45) is 10.7. The van der Waals surface area contributed by atoms with Gasteiger partial charge in [-0.15, -0.1) is 0 Å². The number of ether oxygens (including phenoxy) is 1. The molecule has 1 aliphatic carbocycles. The third kappa shape index (κ3) is 4.57. The standard InChI is InChI=1S/C17H32N2O/c1-3-11-19-12-13-20-16(14-19)17(18-4-2)15-9-7-5-6-8-10-15/h9,16-18H,3-8,10-14H2,1-2H3. The second-order valence-corrected chi connectivity index (χ2v) is 6.12. The normalized spacial score (nSPS) is 26.9. The van der Waals surface area contributed by atoms with Crippen molar-refractivity contribution in [3.63, 3.8) is 0 Å². The molecular formula is C17H32N2O. The fraction of sp³-hybridized carbons (Fsp3) is 0.882. The monoisotopic (exact) mass is 280 g/mol. The number of morpholine rings is 1. The van der Waals surface area contributed by atoms with Crippen molar-refractivity contribution in [3.05, 3.63) is 11.6 Å². The lowest BCUT2D eigenvalue weighted by Crippen LogP contribution is -2.53. The van der Waals surface area contributed by atoms with E-state index < -0.39 is 0 Å². The second kappa shape index (κ2) is 8.81. The number of rotatable bonds is 6. The highest BCUT2D eigenvalue weighted by Gasteiger charge is 2.29. The number of nitrogens with one attached hydrogen (secondary N) is 1. The van der Waals surface area contributed by atoms with Gasteiger partial charge in [-0.2, -0.15) is 0 Å². The number of hydrogen-bond donors (Lipinski definition) is 1. The van der Waals surface area contributed by atoms with E-state index in [0.29, 0.717) is 12.1 Å². The molecule has 0 spiro atoms. The molecular weight excluding hydrogens is 248 g/mol. The van der Waals surface area contributed by atoms with E-state index in [9.17, 15) is 0 Å². The first kappa shape index (κ1) is 16.0. The first-order valence-electron chi connectivity index (χ1n) is 8.61. The summed E-state index contributed by atoms with van der Waals surface area (Å²) in [5, 5.41) is 3.69. The van der Waals surface area contributed by atoms with E-state index in [4.69, 9.17) is 4.74 Å². The molecule has 0 amide bonds. The summed E-state index contributed by atoms with van der Waals surface area (Å²) in [5.74, 6) is 0. The van der Waals surface area contributed by atoms with Gasteiger partial charge in [-0.25, -0.2) is 0 Å². The molecule has 0 aromatic rings. The Labute approximate surface area is 124 Å². The molecule has 0 radical (unpaired) electrons. The van der Waals surface area contributed by atoms with Crippen LogP contribution in [0.5, 0.6) is 0 Å². The third-order valence-corrected chi connectivity index (χ3v) is 4.49. The molecule has 1 aliphatic heterocycles. The van der Waals surface area contributed by atoms with E-state index in [1.165, 1.54) is 45.1 Å². The van der Waals surface area contributed by atoms with Gasteiger partial charge in [0.05, 0.1) is 18.8 Å². The molecule has 3 nitrogen and oxygen atoms in total. The third-order valence-electron chi connectivity index (χ3n) is 4.49. The Kier molecular flexibility index (Phi) is 7.05. The van der Waals surface area contributed by atoms with Crippen molar-refractivity contribution in [3.8, 4) is 0 Å². The van der Waals surface area contributed by atoms with Gasteiger partial charge in [-0.3, -0.25) is 4.90 Å². The van der Waals surface area contributed by atoms with Crippen LogP contribution in [0.1, 0.15) is 52.4 Å². The van der Waals surface area contributed by atoms with E-state index >= 15 is 0 Å². The van der Waals surface area contributed by atoms with E-state index in [0.717, 1.165) is 26.2 Å². The van der Waals surface area contributed by atoms with Crippen LogP contribution in [0, 0.1) is 0 Å². The zero-order chi connectivity index (χ0) is 14.2. The molecule has 1 saturated heterocycles. The molecule has 0 bridgehead atoms. The smallest absolute Gasteiger partial charge is 0.0893 e. The number of hydrogen-bond acceptors (Lipinski definition) is 3. The highest BCUT2D eigenvalue weighted by atomic mass is 16.5. The van der Waals surface area contributed by atoms with Crippen LogP contribution in [0.15, 0.2) is 11.6 Å². The van der Waals surface area contributed by atoms with Crippen molar-refractivity contribution in [1.29, 1.82) is 0 Å². The van der Waals surface area contributed by atoms with Crippen molar-refractivity contribution in [1.82, 2.24) is 10.2 Å². The molecule has 0 saturated carbocycles. The molecule has 1 N–H and O–H groups in total. The maximum absolute atomic E-state index is 6.12. The van der Waals surface area contributed by atoms with Crippen LogP contribution in [0.2, 0.25) is 0 Å². The predicted molar refractivity (Wildman–Crippen MR) is 85.1 cm³/mol. The van der Waals surface area contributed by atoms with Crippen molar-refractivity contribution in [2.45, 2.75) is 64.5 Å². The highest BCUT2D eigenvalue weighted by molar-refractivity contribution is 5.15. The molecule has 2 rings (SSSR count). The van der Waals surface area contributed by atoms with Gasteiger partial charge in [-0.05, 0) is 45.2 Å². The first-order chi connectivity index (χ1) is 9.85. The van der Waals surface area contributed by atoms with Gasteiger partial charge in [0.1, 0.15) is 0 Å². The summed E-state index contributed by atoms with van der Waals surface area (Å²) in [7, 11) is 0. The summed E-state index contributed by atoms with van der Waals surface area (Å²) < 4.78 is 6.12. The molecule has 1 heterocycles. The largest absolute Gasteiger partial charge is 0.374 e. The summed E-state index contributed by atoms with van der Waals surface area (Å²) in [4.78, 5) is 2.57. The summed E-state index contributed by atoms with van der Waals surface area (Å²) in [6, 6.07) is 0.428. The minimum absolute atomic E-state index is 0.333. The predicted octanol–water partition coefficient (Wildman–Crippen LogP) is 2.97. The van der Waals surface area contributed by atoms with E-state index in [1.54, 1.807) is 5.57 Å². The lowest BCUT2D eigenvalue weighted by atomic mass is 9.96. The Balaban J connectivity index is 2.00. The van der Waals surface area contributed by atoms with Crippen LogP contribution in [0.4, 0.5) is 0 Å². The Bertz CT molecular complexity index is 301.